The van der Waals surface area contributed by atoms with Crippen molar-refractivity contribution >= 4 is 17.4 Å². The van der Waals surface area contributed by atoms with Crippen LogP contribution in [0.25, 0.3) is 0 Å². The molecule has 0 saturated heterocycles. The highest BCUT2D eigenvalue weighted by atomic mass is 19.1. The quantitative estimate of drug-likeness (QED) is 0.899. The van der Waals surface area contributed by atoms with Gasteiger partial charge in [0.1, 0.15) is 11.6 Å². The molecule has 1 aliphatic heterocycles. The summed E-state index contributed by atoms with van der Waals surface area (Å²) < 4.78 is 30.3. The minimum atomic E-state index is -0.896. The van der Waals surface area contributed by atoms with E-state index in [1.165, 1.54) is 12.1 Å². The highest BCUT2D eigenvalue weighted by Gasteiger charge is 2.21. The predicted octanol–water partition coefficient (Wildman–Crippen LogP) is 4.51. The Morgan fingerprint density at radius 3 is 2.71 bits per heavy atom. The van der Waals surface area contributed by atoms with E-state index in [9.17, 15) is 13.6 Å². The number of fused-ring (bicyclic) bond motifs is 1. The fraction of sp³-hybridized carbons (Fsp3) is 0.278. The number of aryl methyl sites for hydroxylation is 1. The molecule has 0 spiro atoms. The van der Waals surface area contributed by atoms with Crippen molar-refractivity contribution in [3.8, 4) is 5.75 Å². The molecule has 1 N–H and O–H groups in total. The third-order valence-electron chi connectivity index (χ3n) is 3.98. The molecule has 0 fully saturated rings. The molecule has 0 aromatic heterocycles. The number of halogens is 2. The van der Waals surface area contributed by atoms with Gasteiger partial charge in [-0.05, 0) is 67.3 Å². The number of rotatable bonds is 3. The van der Waals surface area contributed by atoms with E-state index in [4.69, 9.17) is 4.74 Å². The summed E-state index contributed by atoms with van der Waals surface area (Å²) in [4.78, 5) is 14.2. The van der Waals surface area contributed by atoms with Gasteiger partial charge in [0.2, 0.25) is 6.86 Å². The van der Waals surface area contributed by atoms with Crippen LogP contribution in [-0.4, -0.2) is 19.4 Å². The average molecular weight is 332 g/mol. The molecule has 126 valence electrons. The number of benzene rings is 2. The van der Waals surface area contributed by atoms with Gasteiger partial charge in [-0.25, -0.2) is 13.6 Å². The first-order valence-electron chi connectivity index (χ1n) is 7.83. The Labute approximate surface area is 139 Å². The lowest BCUT2D eigenvalue weighted by molar-refractivity contribution is 0.192. The molecule has 0 radical (unpaired) electrons. The summed E-state index contributed by atoms with van der Waals surface area (Å²) in [6.07, 6.45) is 2.52. The zero-order valence-corrected chi connectivity index (χ0v) is 13.1. The first-order chi connectivity index (χ1) is 11.7. The summed E-state index contributed by atoms with van der Waals surface area (Å²) >= 11 is 0. The van der Waals surface area contributed by atoms with Crippen LogP contribution in [0.15, 0.2) is 42.5 Å². The van der Waals surface area contributed by atoms with E-state index in [1.54, 1.807) is 35.2 Å². The van der Waals surface area contributed by atoms with Crippen molar-refractivity contribution in [2.75, 3.05) is 23.6 Å². The van der Waals surface area contributed by atoms with Crippen LogP contribution in [0.5, 0.6) is 5.75 Å². The number of carbonyl (C=O) groups excluding carboxylic acids is 1. The van der Waals surface area contributed by atoms with Crippen molar-refractivity contribution in [2.24, 2.45) is 0 Å². The second-order valence-corrected chi connectivity index (χ2v) is 5.59. The molecule has 0 bridgehead atoms. The van der Waals surface area contributed by atoms with Crippen LogP contribution in [0.1, 0.15) is 18.4 Å². The number of urea groups is 1. The molecule has 2 amide bonds. The Morgan fingerprint density at radius 1 is 1.17 bits per heavy atom. The molecule has 0 atom stereocenters. The number of nitrogens with one attached hydrogen (secondary N) is 1. The second-order valence-electron chi connectivity index (χ2n) is 5.59. The van der Waals surface area contributed by atoms with Crippen LogP contribution in [0.2, 0.25) is 0 Å². The molecule has 1 heterocycles. The van der Waals surface area contributed by atoms with Gasteiger partial charge in [-0.2, -0.15) is 0 Å². The van der Waals surface area contributed by atoms with Crippen molar-refractivity contribution in [2.45, 2.75) is 19.3 Å². The maximum absolute atomic E-state index is 13.4. The number of ether oxygens (including phenoxy) is 1. The molecule has 2 aromatic carbocycles. The normalized spacial score (nSPS) is 13.8. The van der Waals surface area contributed by atoms with Gasteiger partial charge >= 0.3 is 6.03 Å². The van der Waals surface area contributed by atoms with E-state index in [0.29, 0.717) is 18.0 Å². The summed E-state index contributed by atoms with van der Waals surface area (Å²) in [6, 6.07) is 10.7. The summed E-state index contributed by atoms with van der Waals surface area (Å²) in [5.74, 6) is 0.102. The van der Waals surface area contributed by atoms with Crippen molar-refractivity contribution in [3.05, 3.63) is 53.8 Å². The fourth-order valence-corrected chi connectivity index (χ4v) is 2.82. The highest BCUT2D eigenvalue weighted by Crippen LogP contribution is 2.28. The summed E-state index contributed by atoms with van der Waals surface area (Å²) in [5.41, 5.74) is 2.16. The van der Waals surface area contributed by atoms with Gasteiger partial charge in [0, 0.05) is 17.9 Å². The number of hydrogen-bond donors (Lipinski definition) is 1. The maximum atomic E-state index is 13.4. The van der Waals surface area contributed by atoms with Crippen LogP contribution in [0, 0.1) is 5.82 Å². The van der Waals surface area contributed by atoms with Gasteiger partial charge in [0.05, 0.1) is 0 Å². The van der Waals surface area contributed by atoms with Crippen LogP contribution in [-0.2, 0) is 6.42 Å². The Balaban J connectivity index is 1.77. The molecule has 3 rings (SSSR count). The first kappa shape index (κ1) is 16.2. The SMILES string of the molecule is O=C(Nc1ccc(OCF)cc1)N1CCCCc2cc(F)ccc21. The number of alkyl halides is 1. The zero-order chi connectivity index (χ0) is 16.9. The van der Waals surface area contributed by atoms with Gasteiger partial charge in [0.25, 0.3) is 0 Å². The lowest BCUT2D eigenvalue weighted by Gasteiger charge is -2.23. The van der Waals surface area contributed by atoms with Gasteiger partial charge in [-0.3, -0.25) is 4.90 Å². The van der Waals surface area contributed by atoms with E-state index in [-0.39, 0.29) is 11.8 Å². The van der Waals surface area contributed by atoms with E-state index in [0.717, 1.165) is 30.5 Å². The third-order valence-corrected chi connectivity index (χ3v) is 3.98. The largest absolute Gasteiger partial charge is 0.463 e. The lowest BCUT2D eigenvalue weighted by atomic mass is 10.1. The predicted molar refractivity (Wildman–Crippen MR) is 88.7 cm³/mol. The van der Waals surface area contributed by atoms with Crippen LogP contribution < -0.4 is 15.0 Å². The Morgan fingerprint density at radius 2 is 1.96 bits per heavy atom. The van der Waals surface area contributed by atoms with E-state index >= 15 is 0 Å². The van der Waals surface area contributed by atoms with Gasteiger partial charge in [-0.1, -0.05) is 0 Å². The molecular weight excluding hydrogens is 314 g/mol. The van der Waals surface area contributed by atoms with Crippen molar-refractivity contribution in [3.63, 3.8) is 0 Å². The van der Waals surface area contributed by atoms with Gasteiger partial charge in [0.15, 0.2) is 0 Å². The zero-order valence-electron chi connectivity index (χ0n) is 13.1. The molecule has 2 aromatic rings. The Bertz CT molecular complexity index is 719. The molecule has 1 aliphatic rings. The number of anilines is 2. The number of carbonyl (C=O) groups is 1. The van der Waals surface area contributed by atoms with E-state index < -0.39 is 6.86 Å². The first-order valence-corrected chi connectivity index (χ1v) is 7.83. The monoisotopic (exact) mass is 332 g/mol. The minimum Gasteiger partial charge on any atom is -0.463 e. The Kier molecular flexibility index (Phi) is 4.93. The fourth-order valence-electron chi connectivity index (χ4n) is 2.82. The molecule has 0 unspecified atom stereocenters. The standard InChI is InChI=1S/C18H18F2N2O2/c19-12-24-16-7-5-15(6-8-16)21-18(23)22-10-2-1-3-13-11-14(20)4-9-17(13)22/h4-9,11H,1-3,10,12H2,(H,21,23). The molecule has 0 saturated carbocycles. The van der Waals surface area contributed by atoms with Crippen LogP contribution >= 0.6 is 0 Å². The topological polar surface area (TPSA) is 41.6 Å². The number of hydrogen-bond acceptors (Lipinski definition) is 2. The lowest BCUT2D eigenvalue weighted by Crippen LogP contribution is -2.35. The van der Waals surface area contributed by atoms with Crippen LogP contribution in [0.4, 0.5) is 25.0 Å². The smallest absolute Gasteiger partial charge is 0.326 e. The van der Waals surface area contributed by atoms with Crippen molar-refractivity contribution < 1.29 is 18.3 Å². The average Bonchev–Trinajstić information content (AvgIpc) is 2.78. The number of nitrogens with zero attached hydrogens (tertiary/aromatic N) is 1. The molecule has 24 heavy (non-hydrogen) atoms. The molecule has 4 nitrogen and oxygen atoms in total. The third kappa shape index (κ3) is 3.64. The molecule has 0 aliphatic carbocycles. The summed E-state index contributed by atoms with van der Waals surface area (Å²) in [5, 5.41) is 2.81. The molecular formula is C18H18F2N2O2. The molecule has 6 heteroatoms. The second kappa shape index (κ2) is 7.29. The van der Waals surface area contributed by atoms with Gasteiger partial charge < -0.3 is 10.1 Å². The van der Waals surface area contributed by atoms with Gasteiger partial charge in [-0.15, -0.1) is 0 Å². The highest BCUT2D eigenvalue weighted by molar-refractivity contribution is 6.02. The maximum Gasteiger partial charge on any atom is 0.326 e. The van der Waals surface area contributed by atoms with Crippen molar-refractivity contribution in [1.29, 1.82) is 0 Å². The van der Waals surface area contributed by atoms with E-state index in [2.05, 4.69) is 5.32 Å². The summed E-state index contributed by atoms with van der Waals surface area (Å²) in [6.45, 7) is -0.319. The number of amides is 2. The summed E-state index contributed by atoms with van der Waals surface area (Å²) in [7, 11) is 0. The minimum absolute atomic E-state index is 0.274. The van der Waals surface area contributed by atoms with E-state index in [1.807, 2.05) is 0 Å². The Hall–Kier alpha value is -2.63. The van der Waals surface area contributed by atoms with Crippen molar-refractivity contribution in [1.82, 2.24) is 0 Å². The van der Waals surface area contributed by atoms with Crippen LogP contribution in [0.3, 0.4) is 0 Å².